The highest BCUT2D eigenvalue weighted by Gasteiger charge is 2.33. The van der Waals surface area contributed by atoms with Gasteiger partial charge in [0.25, 0.3) is 5.56 Å². The van der Waals surface area contributed by atoms with Crippen LogP contribution in [0.25, 0.3) is 0 Å². The molecule has 4 heteroatoms. The highest BCUT2D eigenvalue weighted by molar-refractivity contribution is 14.1. The molecule has 0 aliphatic rings. The summed E-state index contributed by atoms with van der Waals surface area (Å²) in [5.74, 6) is 0.775. The van der Waals surface area contributed by atoms with Crippen LogP contribution in [0.2, 0.25) is 0 Å². The Balaban J connectivity index is 2.69. The first-order valence-electron chi connectivity index (χ1n) is 6.87. The van der Waals surface area contributed by atoms with E-state index in [9.17, 15) is 4.79 Å². The van der Waals surface area contributed by atoms with Crippen LogP contribution in [0.4, 0.5) is 0 Å². The first kappa shape index (κ1) is 15.2. The zero-order valence-corrected chi connectivity index (χ0v) is 14.2. The van der Waals surface area contributed by atoms with E-state index in [2.05, 4.69) is 35.9 Å². The second kappa shape index (κ2) is 6.08. The van der Waals surface area contributed by atoms with Gasteiger partial charge >= 0.3 is 0 Å². The van der Waals surface area contributed by atoms with E-state index >= 15 is 0 Å². The van der Waals surface area contributed by atoms with E-state index < -0.39 is 0 Å². The fraction of sp³-hybridized carbons (Fsp3) is 0.375. The Morgan fingerprint density at radius 1 is 1.20 bits per heavy atom. The van der Waals surface area contributed by atoms with Crippen LogP contribution in [0.5, 0.6) is 0 Å². The van der Waals surface area contributed by atoms with Gasteiger partial charge in [0.2, 0.25) is 0 Å². The Labute approximate surface area is 133 Å². The van der Waals surface area contributed by atoms with Gasteiger partial charge in [-0.3, -0.25) is 4.79 Å². The molecule has 0 spiro atoms. The molecule has 1 heterocycles. The molecule has 0 saturated heterocycles. The molecule has 106 valence electrons. The SMILES string of the molecule is CCC(CC)(c1ccccc1)c1nc(C)c(I)c(=O)[nH]1. The van der Waals surface area contributed by atoms with Gasteiger partial charge in [0, 0.05) is 0 Å². The van der Waals surface area contributed by atoms with Crippen molar-refractivity contribution in [3.8, 4) is 0 Å². The summed E-state index contributed by atoms with van der Waals surface area (Å²) >= 11 is 2.05. The van der Waals surface area contributed by atoms with Crippen LogP contribution in [0.1, 0.15) is 43.8 Å². The molecule has 3 nitrogen and oxygen atoms in total. The second-order valence-electron chi connectivity index (χ2n) is 4.97. The van der Waals surface area contributed by atoms with Crippen LogP contribution in [0, 0.1) is 10.5 Å². The largest absolute Gasteiger partial charge is 0.309 e. The normalized spacial score (nSPS) is 11.6. The van der Waals surface area contributed by atoms with E-state index in [0.717, 1.165) is 24.4 Å². The third kappa shape index (κ3) is 2.53. The maximum absolute atomic E-state index is 12.1. The minimum absolute atomic E-state index is 0.0460. The summed E-state index contributed by atoms with van der Waals surface area (Å²) in [4.78, 5) is 19.7. The van der Waals surface area contributed by atoms with Gasteiger partial charge in [-0.25, -0.2) is 4.98 Å². The smallest absolute Gasteiger partial charge is 0.264 e. The molecule has 2 rings (SSSR count). The average molecular weight is 382 g/mol. The van der Waals surface area contributed by atoms with Gasteiger partial charge in [-0.15, -0.1) is 0 Å². The number of benzene rings is 1. The fourth-order valence-electron chi connectivity index (χ4n) is 2.69. The Morgan fingerprint density at radius 3 is 2.30 bits per heavy atom. The molecule has 0 fully saturated rings. The molecule has 0 atom stereocenters. The first-order valence-corrected chi connectivity index (χ1v) is 7.95. The monoisotopic (exact) mass is 382 g/mol. The summed E-state index contributed by atoms with van der Waals surface area (Å²) in [7, 11) is 0. The van der Waals surface area contributed by atoms with E-state index in [4.69, 9.17) is 0 Å². The summed E-state index contributed by atoms with van der Waals surface area (Å²) in [6, 6.07) is 10.3. The molecular formula is C16H19IN2O. The van der Waals surface area contributed by atoms with Gasteiger partial charge in [0.1, 0.15) is 5.82 Å². The van der Waals surface area contributed by atoms with Crippen LogP contribution in [0.15, 0.2) is 35.1 Å². The van der Waals surface area contributed by atoms with Crippen molar-refractivity contribution < 1.29 is 0 Å². The molecular weight excluding hydrogens is 363 g/mol. The standard InChI is InChI=1S/C16H19IN2O/c1-4-16(5-2,12-9-7-6-8-10-12)15-18-11(3)13(17)14(20)19-15/h6-10H,4-5H2,1-3H3,(H,18,19,20). The number of nitrogens with one attached hydrogen (secondary N) is 1. The summed E-state index contributed by atoms with van der Waals surface area (Å²) < 4.78 is 0.667. The number of H-pyrrole nitrogens is 1. The van der Waals surface area contributed by atoms with Gasteiger partial charge in [-0.1, -0.05) is 44.2 Å². The number of aromatic amines is 1. The molecule has 0 saturated carbocycles. The van der Waals surface area contributed by atoms with Crippen molar-refractivity contribution in [3.63, 3.8) is 0 Å². The number of halogens is 1. The summed E-state index contributed by atoms with van der Waals surface area (Å²) in [5, 5.41) is 0. The number of hydrogen-bond acceptors (Lipinski definition) is 2. The lowest BCUT2D eigenvalue weighted by Gasteiger charge is -2.31. The summed E-state index contributed by atoms with van der Waals surface area (Å²) in [6.07, 6.45) is 1.80. The van der Waals surface area contributed by atoms with E-state index in [1.54, 1.807) is 0 Å². The van der Waals surface area contributed by atoms with Gasteiger partial charge in [0.05, 0.1) is 14.7 Å². The number of aromatic nitrogens is 2. The van der Waals surface area contributed by atoms with E-state index in [1.807, 2.05) is 47.7 Å². The molecule has 0 radical (unpaired) electrons. The topological polar surface area (TPSA) is 45.8 Å². The lowest BCUT2D eigenvalue weighted by Crippen LogP contribution is -2.32. The van der Waals surface area contributed by atoms with Crippen LogP contribution in [0.3, 0.4) is 0 Å². The molecule has 2 aromatic rings. The molecule has 0 aliphatic heterocycles. The molecule has 1 N–H and O–H groups in total. The maximum Gasteiger partial charge on any atom is 0.264 e. The Bertz CT molecular complexity index is 645. The molecule has 1 aromatic heterocycles. The highest BCUT2D eigenvalue weighted by atomic mass is 127. The minimum Gasteiger partial charge on any atom is -0.309 e. The molecule has 1 aromatic carbocycles. The molecule has 0 aliphatic carbocycles. The van der Waals surface area contributed by atoms with Gasteiger partial charge in [-0.05, 0) is 47.9 Å². The van der Waals surface area contributed by atoms with E-state index in [0.29, 0.717) is 3.57 Å². The van der Waals surface area contributed by atoms with E-state index in [-0.39, 0.29) is 11.0 Å². The Hall–Kier alpha value is -1.17. The van der Waals surface area contributed by atoms with Crippen molar-refractivity contribution in [2.75, 3.05) is 0 Å². The Kier molecular flexibility index (Phi) is 4.62. The van der Waals surface area contributed by atoms with Gasteiger partial charge in [0.15, 0.2) is 0 Å². The van der Waals surface area contributed by atoms with Crippen LogP contribution >= 0.6 is 22.6 Å². The predicted molar refractivity (Wildman–Crippen MR) is 90.1 cm³/mol. The minimum atomic E-state index is -0.227. The van der Waals surface area contributed by atoms with Gasteiger partial charge < -0.3 is 4.98 Å². The highest BCUT2D eigenvalue weighted by Crippen LogP contribution is 2.36. The number of aryl methyl sites for hydroxylation is 1. The van der Waals surface area contributed by atoms with Crippen LogP contribution in [-0.4, -0.2) is 9.97 Å². The maximum atomic E-state index is 12.1. The average Bonchev–Trinajstić information content (AvgIpc) is 2.47. The number of hydrogen-bond donors (Lipinski definition) is 1. The van der Waals surface area contributed by atoms with Crippen molar-refractivity contribution in [1.29, 1.82) is 0 Å². The predicted octanol–water partition coefficient (Wildman–Crippen LogP) is 3.79. The zero-order chi connectivity index (χ0) is 14.8. The molecule has 0 amide bonds. The second-order valence-corrected chi connectivity index (χ2v) is 6.05. The van der Waals surface area contributed by atoms with Crippen molar-refractivity contribution in [2.45, 2.75) is 39.0 Å². The zero-order valence-electron chi connectivity index (χ0n) is 12.0. The lowest BCUT2D eigenvalue weighted by molar-refractivity contribution is 0.446. The third-order valence-corrected chi connectivity index (χ3v) is 5.29. The van der Waals surface area contributed by atoms with Crippen molar-refractivity contribution in [3.05, 3.63) is 61.3 Å². The van der Waals surface area contributed by atoms with Crippen molar-refractivity contribution >= 4 is 22.6 Å². The molecule has 0 bridgehead atoms. The number of rotatable bonds is 4. The fourth-order valence-corrected chi connectivity index (χ4v) is 2.94. The number of nitrogens with zero attached hydrogens (tertiary/aromatic N) is 1. The van der Waals surface area contributed by atoms with Gasteiger partial charge in [-0.2, -0.15) is 0 Å². The molecule has 0 unspecified atom stereocenters. The summed E-state index contributed by atoms with van der Waals surface area (Å²) in [5.41, 5.74) is 1.73. The summed E-state index contributed by atoms with van der Waals surface area (Å²) in [6.45, 7) is 6.18. The first-order chi connectivity index (χ1) is 9.55. The van der Waals surface area contributed by atoms with Crippen LogP contribution < -0.4 is 5.56 Å². The van der Waals surface area contributed by atoms with Crippen molar-refractivity contribution in [1.82, 2.24) is 9.97 Å². The molecule has 20 heavy (non-hydrogen) atoms. The Morgan fingerprint density at radius 2 is 1.80 bits per heavy atom. The van der Waals surface area contributed by atoms with E-state index in [1.165, 1.54) is 5.56 Å². The quantitative estimate of drug-likeness (QED) is 0.818. The lowest BCUT2D eigenvalue weighted by atomic mass is 9.75. The van der Waals surface area contributed by atoms with Crippen LogP contribution in [-0.2, 0) is 5.41 Å². The van der Waals surface area contributed by atoms with Crippen molar-refractivity contribution in [2.24, 2.45) is 0 Å². The third-order valence-electron chi connectivity index (χ3n) is 4.02.